The molecule has 5 nitrogen and oxygen atoms in total. The van der Waals surface area contributed by atoms with Crippen molar-refractivity contribution in [1.29, 1.82) is 0 Å². The maximum absolute atomic E-state index is 12.2. The van der Waals surface area contributed by atoms with Gasteiger partial charge in [-0.05, 0) is 43.5 Å². The van der Waals surface area contributed by atoms with E-state index in [-0.39, 0.29) is 19.1 Å². The summed E-state index contributed by atoms with van der Waals surface area (Å²) in [6, 6.07) is 5.74. The topological polar surface area (TPSA) is 78.6 Å². The third-order valence-corrected chi connectivity index (χ3v) is 3.72. The van der Waals surface area contributed by atoms with E-state index in [1.165, 1.54) is 0 Å². The van der Waals surface area contributed by atoms with E-state index in [2.05, 4.69) is 19.2 Å². The van der Waals surface area contributed by atoms with E-state index < -0.39 is 0 Å². The number of benzene rings is 1. The van der Waals surface area contributed by atoms with Crippen LogP contribution in [0.15, 0.2) is 18.2 Å². The molecular weight excluding hydrogens is 266 g/mol. The van der Waals surface area contributed by atoms with Crippen LogP contribution in [-0.4, -0.2) is 41.7 Å². The van der Waals surface area contributed by atoms with Crippen LogP contribution < -0.4 is 11.1 Å². The highest BCUT2D eigenvalue weighted by atomic mass is 16.3. The molecule has 0 aromatic heterocycles. The largest absolute Gasteiger partial charge is 0.399 e. The van der Waals surface area contributed by atoms with Gasteiger partial charge in [-0.1, -0.05) is 13.8 Å². The Morgan fingerprint density at radius 1 is 1.38 bits per heavy atom. The first-order chi connectivity index (χ1) is 10.0. The Labute approximate surface area is 127 Å². The molecule has 0 aliphatic carbocycles. The Hall–Kier alpha value is -1.59. The number of carbonyl (C=O) groups is 1. The average Bonchev–Trinajstić information content (AvgIpc) is 2.43. The Morgan fingerprint density at radius 2 is 2.05 bits per heavy atom. The van der Waals surface area contributed by atoms with E-state index in [0.29, 0.717) is 18.3 Å². The highest BCUT2D eigenvalue weighted by Crippen LogP contribution is 2.18. The number of nitrogen functional groups attached to an aromatic ring is 1. The first kappa shape index (κ1) is 17.5. The van der Waals surface area contributed by atoms with Crippen LogP contribution in [-0.2, 0) is 4.79 Å². The van der Waals surface area contributed by atoms with Gasteiger partial charge < -0.3 is 16.2 Å². The van der Waals surface area contributed by atoms with Crippen LogP contribution in [0.5, 0.6) is 0 Å². The Kier molecular flexibility index (Phi) is 7.19. The number of amides is 1. The maximum Gasteiger partial charge on any atom is 0.238 e. The van der Waals surface area contributed by atoms with Crippen molar-refractivity contribution in [3.8, 4) is 0 Å². The Morgan fingerprint density at radius 3 is 2.57 bits per heavy atom. The maximum atomic E-state index is 12.2. The second kappa shape index (κ2) is 8.64. The molecule has 4 N–H and O–H groups in total. The Bertz CT molecular complexity index is 459. The average molecular weight is 293 g/mol. The molecule has 1 aromatic carbocycles. The summed E-state index contributed by atoms with van der Waals surface area (Å²) >= 11 is 0. The van der Waals surface area contributed by atoms with E-state index in [4.69, 9.17) is 10.8 Å². The lowest BCUT2D eigenvalue weighted by molar-refractivity contribution is -0.118. The minimum Gasteiger partial charge on any atom is -0.399 e. The minimum absolute atomic E-state index is 0.0602. The molecule has 0 fully saturated rings. The zero-order chi connectivity index (χ0) is 15.8. The van der Waals surface area contributed by atoms with Gasteiger partial charge in [-0.25, -0.2) is 0 Å². The Balaban J connectivity index is 2.69. The standard InChI is InChI=1S/C16H27N3O2/c1-4-14(5-2)19(8-9-20)11-16(21)18-15-7-6-13(17)10-12(15)3/h6-7,10,14,20H,4-5,8-9,11,17H2,1-3H3,(H,18,21). The molecule has 1 aromatic rings. The molecule has 0 spiro atoms. The fraction of sp³-hybridized carbons (Fsp3) is 0.562. The molecule has 0 bridgehead atoms. The van der Waals surface area contributed by atoms with Crippen LogP contribution >= 0.6 is 0 Å². The monoisotopic (exact) mass is 293 g/mol. The van der Waals surface area contributed by atoms with E-state index >= 15 is 0 Å². The first-order valence-corrected chi connectivity index (χ1v) is 7.52. The molecule has 0 aliphatic rings. The number of aliphatic hydroxyl groups is 1. The number of hydrogen-bond acceptors (Lipinski definition) is 4. The summed E-state index contributed by atoms with van der Waals surface area (Å²) in [5.74, 6) is -0.0665. The van der Waals surface area contributed by atoms with Crippen molar-refractivity contribution < 1.29 is 9.90 Å². The molecule has 0 heterocycles. The van der Waals surface area contributed by atoms with Gasteiger partial charge in [0.05, 0.1) is 13.2 Å². The van der Waals surface area contributed by atoms with E-state index in [9.17, 15) is 4.79 Å². The molecular formula is C16H27N3O2. The number of hydrogen-bond donors (Lipinski definition) is 3. The van der Waals surface area contributed by atoms with E-state index in [1.807, 2.05) is 24.0 Å². The van der Waals surface area contributed by atoms with Crippen molar-refractivity contribution in [3.05, 3.63) is 23.8 Å². The number of aryl methyl sites for hydroxylation is 1. The summed E-state index contributed by atoms with van der Waals surface area (Å²) in [6.45, 7) is 6.97. The lowest BCUT2D eigenvalue weighted by Crippen LogP contribution is -2.42. The van der Waals surface area contributed by atoms with Crippen molar-refractivity contribution in [3.63, 3.8) is 0 Å². The van der Waals surface area contributed by atoms with Gasteiger partial charge in [-0.15, -0.1) is 0 Å². The zero-order valence-corrected chi connectivity index (χ0v) is 13.2. The van der Waals surface area contributed by atoms with Crippen LogP contribution in [0.1, 0.15) is 32.3 Å². The van der Waals surface area contributed by atoms with Crippen LogP contribution in [0.2, 0.25) is 0 Å². The second-order valence-electron chi connectivity index (χ2n) is 5.29. The SMILES string of the molecule is CCC(CC)N(CCO)CC(=O)Nc1ccc(N)cc1C. The van der Waals surface area contributed by atoms with Crippen LogP contribution in [0.25, 0.3) is 0 Å². The lowest BCUT2D eigenvalue weighted by atomic mass is 10.1. The predicted octanol–water partition coefficient (Wildman–Crippen LogP) is 2.00. The van der Waals surface area contributed by atoms with Crippen LogP contribution in [0, 0.1) is 6.92 Å². The quantitative estimate of drug-likeness (QED) is 0.641. The van der Waals surface area contributed by atoms with Crippen molar-refractivity contribution in [2.24, 2.45) is 0 Å². The number of nitrogens with two attached hydrogens (primary N) is 1. The number of aliphatic hydroxyl groups excluding tert-OH is 1. The molecule has 0 saturated heterocycles. The van der Waals surface area contributed by atoms with Gasteiger partial charge in [0, 0.05) is 24.0 Å². The van der Waals surface area contributed by atoms with Crippen molar-refractivity contribution >= 4 is 17.3 Å². The highest BCUT2D eigenvalue weighted by molar-refractivity contribution is 5.93. The number of nitrogens with one attached hydrogen (secondary N) is 1. The minimum atomic E-state index is -0.0665. The second-order valence-corrected chi connectivity index (χ2v) is 5.29. The molecule has 0 unspecified atom stereocenters. The fourth-order valence-corrected chi connectivity index (χ4v) is 2.53. The third-order valence-electron chi connectivity index (χ3n) is 3.72. The van der Waals surface area contributed by atoms with Gasteiger partial charge in [0.25, 0.3) is 0 Å². The zero-order valence-electron chi connectivity index (χ0n) is 13.2. The van der Waals surface area contributed by atoms with Crippen molar-refractivity contribution in [2.75, 3.05) is 30.7 Å². The van der Waals surface area contributed by atoms with Crippen LogP contribution in [0.4, 0.5) is 11.4 Å². The van der Waals surface area contributed by atoms with E-state index in [0.717, 1.165) is 24.1 Å². The molecule has 0 aliphatic heterocycles. The fourth-order valence-electron chi connectivity index (χ4n) is 2.53. The smallest absolute Gasteiger partial charge is 0.238 e. The molecule has 0 radical (unpaired) electrons. The molecule has 118 valence electrons. The molecule has 21 heavy (non-hydrogen) atoms. The summed E-state index contributed by atoms with van der Waals surface area (Å²) < 4.78 is 0. The summed E-state index contributed by atoms with van der Waals surface area (Å²) in [4.78, 5) is 14.2. The molecule has 1 amide bonds. The summed E-state index contributed by atoms with van der Waals surface area (Å²) in [5.41, 5.74) is 8.11. The normalized spacial score (nSPS) is 11.1. The summed E-state index contributed by atoms with van der Waals surface area (Å²) in [7, 11) is 0. The summed E-state index contributed by atoms with van der Waals surface area (Å²) in [5, 5.41) is 12.1. The highest BCUT2D eigenvalue weighted by Gasteiger charge is 2.18. The van der Waals surface area contributed by atoms with Gasteiger partial charge in [0.2, 0.25) is 5.91 Å². The molecule has 0 saturated carbocycles. The van der Waals surface area contributed by atoms with Crippen molar-refractivity contribution in [1.82, 2.24) is 4.90 Å². The van der Waals surface area contributed by atoms with Gasteiger partial charge in [0.1, 0.15) is 0 Å². The number of anilines is 2. The number of carbonyl (C=O) groups excluding carboxylic acids is 1. The predicted molar refractivity (Wildman–Crippen MR) is 87.2 cm³/mol. The number of rotatable bonds is 8. The first-order valence-electron chi connectivity index (χ1n) is 7.52. The van der Waals surface area contributed by atoms with Crippen molar-refractivity contribution in [2.45, 2.75) is 39.7 Å². The molecule has 5 heteroatoms. The molecule has 0 atom stereocenters. The van der Waals surface area contributed by atoms with Crippen LogP contribution in [0.3, 0.4) is 0 Å². The summed E-state index contributed by atoms with van der Waals surface area (Å²) in [6.07, 6.45) is 1.93. The number of nitrogens with zero attached hydrogens (tertiary/aromatic N) is 1. The van der Waals surface area contributed by atoms with Gasteiger partial charge in [-0.3, -0.25) is 9.69 Å². The van der Waals surface area contributed by atoms with E-state index in [1.54, 1.807) is 6.07 Å². The molecule has 1 rings (SSSR count). The van der Waals surface area contributed by atoms with Gasteiger partial charge >= 0.3 is 0 Å². The lowest BCUT2D eigenvalue weighted by Gasteiger charge is -2.29. The van der Waals surface area contributed by atoms with Gasteiger partial charge in [0.15, 0.2) is 0 Å². The van der Waals surface area contributed by atoms with Gasteiger partial charge in [-0.2, -0.15) is 0 Å². The third kappa shape index (κ3) is 5.36.